The van der Waals surface area contributed by atoms with Gasteiger partial charge in [-0.15, -0.1) is 0 Å². The van der Waals surface area contributed by atoms with Crippen LogP contribution in [0, 0.1) is 34.5 Å². The van der Waals surface area contributed by atoms with Crippen LogP contribution in [-0.4, -0.2) is 123 Å². The number of hydrogen-bond donors (Lipinski definition) is 2. The van der Waals surface area contributed by atoms with E-state index in [-0.39, 0.29) is 30.7 Å². The summed E-state index contributed by atoms with van der Waals surface area (Å²) in [7, 11) is 6.58. The predicted molar refractivity (Wildman–Crippen MR) is 159 cm³/mol. The second-order valence-electron chi connectivity index (χ2n) is 14.4. The van der Waals surface area contributed by atoms with Gasteiger partial charge >= 0.3 is 11.9 Å². The van der Waals surface area contributed by atoms with E-state index in [1.807, 2.05) is 6.07 Å². The van der Waals surface area contributed by atoms with Gasteiger partial charge in [0.05, 0.1) is 36.6 Å². The van der Waals surface area contributed by atoms with Crippen molar-refractivity contribution in [2.75, 3.05) is 48.1 Å². The molecule has 11 nitrogen and oxygen atoms in total. The van der Waals surface area contributed by atoms with Crippen LogP contribution in [0.1, 0.15) is 43.5 Å². The summed E-state index contributed by atoms with van der Waals surface area (Å²) in [6.07, 6.45) is -2.55. The number of rotatable bonds is 9. The minimum Gasteiger partial charge on any atom is -0.458 e. The topological polar surface area (TPSA) is 133 Å². The first-order chi connectivity index (χ1) is 21.5. The highest BCUT2D eigenvalue weighted by atomic mass is 16.6. The van der Waals surface area contributed by atoms with Gasteiger partial charge in [0.15, 0.2) is 0 Å². The van der Waals surface area contributed by atoms with Crippen LogP contribution in [0.25, 0.3) is 0 Å². The number of nitrogens with zero attached hydrogens (tertiary/aromatic N) is 1. The van der Waals surface area contributed by atoms with E-state index in [2.05, 4.69) is 11.8 Å². The number of likely N-dealkylation sites (tertiary alicyclic amines) is 1. The molecule has 248 valence electrons. The van der Waals surface area contributed by atoms with Crippen molar-refractivity contribution in [1.29, 1.82) is 0 Å². The summed E-state index contributed by atoms with van der Waals surface area (Å²) < 4.78 is 37.9. The lowest BCUT2D eigenvalue weighted by atomic mass is 9.42. The van der Waals surface area contributed by atoms with Crippen molar-refractivity contribution in [1.82, 2.24) is 4.90 Å². The van der Waals surface area contributed by atoms with Crippen molar-refractivity contribution < 1.29 is 48.2 Å². The molecule has 0 unspecified atom stereocenters. The molecule has 1 aliphatic heterocycles. The van der Waals surface area contributed by atoms with E-state index in [1.165, 1.54) is 6.92 Å². The first kappa shape index (κ1) is 31.5. The lowest BCUT2D eigenvalue weighted by molar-refractivity contribution is -0.300. The number of ether oxygens (including phenoxy) is 6. The molecule has 1 spiro atoms. The van der Waals surface area contributed by atoms with Gasteiger partial charge in [-0.1, -0.05) is 25.1 Å². The second-order valence-corrected chi connectivity index (χ2v) is 14.4. The third-order valence-electron chi connectivity index (χ3n) is 13.1. The van der Waals surface area contributed by atoms with Gasteiger partial charge in [0.1, 0.15) is 17.3 Å². The maximum absolute atomic E-state index is 13.7. The Kier molecular flexibility index (Phi) is 7.48. The van der Waals surface area contributed by atoms with E-state index in [9.17, 15) is 19.8 Å². The average molecular weight is 630 g/mol. The van der Waals surface area contributed by atoms with Gasteiger partial charge in [-0.05, 0) is 31.0 Å². The van der Waals surface area contributed by atoms with Gasteiger partial charge in [0.25, 0.3) is 0 Å². The summed E-state index contributed by atoms with van der Waals surface area (Å²) in [6, 6.07) is 8.56. The highest BCUT2D eigenvalue weighted by Crippen LogP contribution is 2.80. The average Bonchev–Trinajstić information content (AvgIpc) is 3.40. The fourth-order valence-electron chi connectivity index (χ4n) is 12.2. The zero-order valence-corrected chi connectivity index (χ0v) is 27.0. The molecule has 7 bridgehead atoms. The molecule has 5 aliphatic carbocycles. The molecule has 6 aliphatic rings. The lowest BCUT2D eigenvalue weighted by Gasteiger charge is -2.70. The van der Waals surface area contributed by atoms with Crippen LogP contribution in [0.4, 0.5) is 0 Å². The van der Waals surface area contributed by atoms with Crippen molar-refractivity contribution in [2.45, 2.75) is 80.9 Å². The first-order valence-corrected chi connectivity index (χ1v) is 16.2. The van der Waals surface area contributed by atoms with Gasteiger partial charge in [-0.2, -0.15) is 0 Å². The van der Waals surface area contributed by atoms with Crippen LogP contribution in [0.3, 0.4) is 0 Å². The number of carbonyl (C=O) groups is 2. The largest absolute Gasteiger partial charge is 0.458 e. The van der Waals surface area contributed by atoms with Crippen LogP contribution in [-0.2, 0) is 33.2 Å². The van der Waals surface area contributed by atoms with Crippen LogP contribution < -0.4 is 0 Å². The number of esters is 2. The molecule has 1 heterocycles. The summed E-state index contributed by atoms with van der Waals surface area (Å²) in [5.74, 6) is -2.55. The molecule has 0 radical (unpaired) electrons. The molecule has 1 saturated heterocycles. The van der Waals surface area contributed by atoms with Crippen LogP contribution >= 0.6 is 0 Å². The summed E-state index contributed by atoms with van der Waals surface area (Å²) in [4.78, 5) is 29.3. The summed E-state index contributed by atoms with van der Waals surface area (Å²) in [5, 5.41) is 24.8. The Balaban J connectivity index is 1.50. The Bertz CT molecular complexity index is 1330. The summed E-state index contributed by atoms with van der Waals surface area (Å²) in [5.41, 5.74) is -3.74. The van der Waals surface area contributed by atoms with E-state index in [0.717, 1.165) is 0 Å². The maximum atomic E-state index is 13.7. The van der Waals surface area contributed by atoms with Crippen molar-refractivity contribution in [3.8, 4) is 0 Å². The molecule has 0 aromatic heterocycles. The zero-order chi connectivity index (χ0) is 32.1. The quantitative estimate of drug-likeness (QED) is 0.387. The number of fused-ring (bicyclic) bond motifs is 2. The molecular weight excluding hydrogens is 582 g/mol. The molecule has 7 rings (SSSR count). The van der Waals surface area contributed by atoms with Crippen LogP contribution in [0.5, 0.6) is 0 Å². The molecule has 11 heteroatoms. The molecule has 45 heavy (non-hydrogen) atoms. The van der Waals surface area contributed by atoms with Gasteiger partial charge in [0.2, 0.25) is 0 Å². The van der Waals surface area contributed by atoms with E-state index < -0.39 is 76.3 Å². The predicted octanol–water partition coefficient (Wildman–Crippen LogP) is 1.68. The summed E-state index contributed by atoms with van der Waals surface area (Å²) in [6.45, 7) is 5.08. The van der Waals surface area contributed by atoms with Gasteiger partial charge in [0, 0.05) is 89.4 Å². The third kappa shape index (κ3) is 3.72. The third-order valence-corrected chi connectivity index (χ3v) is 13.1. The molecule has 14 atom stereocenters. The molecule has 5 saturated carbocycles. The molecule has 1 aromatic carbocycles. The normalized spacial score (nSPS) is 49.1. The van der Waals surface area contributed by atoms with E-state index in [1.54, 1.807) is 52.7 Å². The first-order valence-electron chi connectivity index (χ1n) is 16.2. The fourth-order valence-corrected chi connectivity index (χ4v) is 12.2. The smallest absolute Gasteiger partial charge is 0.338 e. The Labute approximate surface area is 264 Å². The number of aliphatic hydroxyl groups excluding tert-OH is 1. The molecule has 6 fully saturated rings. The Hall–Kier alpha value is -2.12. The number of aliphatic hydroxyl groups is 2. The second kappa shape index (κ2) is 10.7. The fraction of sp³-hybridized carbons (Fsp3) is 0.765. The molecule has 1 aromatic rings. The number of benzene rings is 1. The molecule has 2 N–H and O–H groups in total. The summed E-state index contributed by atoms with van der Waals surface area (Å²) >= 11 is 0. The lowest BCUT2D eigenvalue weighted by Crippen LogP contribution is -2.79. The van der Waals surface area contributed by atoms with E-state index >= 15 is 0 Å². The van der Waals surface area contributed by atoms with E-state index in [4.69, 9.17) is 28.4 Å². The molecule has 0 amide bonds. The Morgan fingerprint density at radius 3 is 2.31 bits per heavy atom. The van der Waals surface area contributed by atoms with Crippen molar-refractivity contribution in [3.63, 3.8) is 0 Å². The van der Waals surface area contributed by atoms with Gasteiger partial charge < -0.3 is 38.6 Å². The molecular formula is C34H47NO10. The van der Waals surface area contributed by atoms with Crippen LogP contribution in [0.2, 0.25) is 0 Å². The Morgan fingerprint density at radius 1 is 1.00 bits per heavy atom. The number of piperidine rings is 1. The van der Waals surface area contributed by atoms with Crippen molar-refractivity contribution in [3.05, 3.63) is 35.9 Å². The number of methoxy groups -OCH3 is 4. The monoisotopic (exact) mass is 629 g/mol. The van der Waals surface area contributed by atoms with E-state index in [0.29, 0.717) is 31.7 Å². The number of carbonyl (C=O) groups excluding carboxylic acids is 2. The Morgan fingerprint density at radius 2 is 1.71 bits per heavy atom. The van der Waals surface area contributed by atoms with Gasteiger partial charge in [-0.3, -0.25) is 9.69 Å². The standard InChI is InChI=1S/C34H47NO10/c1-7-35-16-31(17-40-3)21(37)13-22(41-4)34-20-14-32(39)23(42-5)15-33(45-18(2)36,25(28(34)35)26(43-6)27(31)34)24(20)29(32)44-30(38)19-11-9-8-10-12-19/h8-12,20-29,37,39H,7,13-17H2,1-6H3/t20-,21+,22-,23+,24-,25+,26-,27-,28+,29-,31+,32-,33+,34-/m0/s1. The van der Waals surface area contributed by atoms with Crippen LogP contribution in [0.15, 0.2) is 30.3 Å². The van der Waals surface area contributed by atoms with Gasteiger partial charge in [-0.25, -0.2) is 4.79 Å². The number of hydrogen-bond acceptors (Lipinski definition) is 11. The maximum Gasteiger partial charge on any atom is 0.338 e. The van der Waals surface area contributed by atoms with Crippen molar-refractivity contribution in [2.24, 2.45) is 34.5 Å². The highest BCUT2D eigenvalue weighted by molar-refractivity contribution is 5.89. The van der Waals surface area contributed by atoms with Crippen molar-refractivity contribution >= 4 is 11.9 Å². The SMILES string of the molecule is CCN1C[C@@]2(COC)[C@H](O)C[C@H](OC)[C@@]34[C@H]5C[C@]6(O)[C@H](OC)C[C@@](OC(C)=O)([C@@H]5[C@@H]6OC(=O)c5ccccc5)[C@H]([C@H](OC)[C@@H]23)[C@@H]14. The zero-order valence-electron chi connectivity index (χ0n) is 27.0. The minimum absolute atomic E-state index is 0.163. The minimum atomic E-state index is -1.55. The highest BCUT2D eigenvalue weighted by Gasteiger charge is 2.90.